The third-order valence-electron chi connectivity index (χ3n) is 4.01. The van der Waals surface area contributed by atoms with Gasteiger partial charge in [-0.15, -0.1) is 11.3 Å². The smallest absolute Gasteiger partial charge is 0.342 e. The molecule has 0 bridgehead atoms. The summed E-state index contributed by atoms with van der Waals surface area (Å²) in [6.45, 7) is 4.75. The minimum absolute atomic E-state index is 0.287. The first kappa shape index (κ1) is 19.9. The van der Waals surface area contributed by atoms with Crippen molar-refractivity contribution in [3.63, 3.8) is 0 Å². The molecule has 8 nitrogen and oxygen atoms in total. The van der Waals surface area contributed by atoms with Gasteiger partial charge in [-0.2, -0.15) is 0 Å². The molecule has 1 heterocycles. The van der Waals surface area contributed by atoms with Gasteiger partial charge in [-0.05, 0) is 37.2 Å². The Bertz CT molecular complexity index is 741. The van der Waals surface area contributed by atoms with E-state index in [1.54, 1.807) is 13.8 Å². The van der Waals surface area contributed by atoms with Crippen molar-refractivity contribution in [2.75, 3.05) is 5.32 Å². The molecule has 26 heavy (non-hydrogen) atoms. The summed E-state index contributed by atoms with van der Waals surface area (Å²) in [5.41, 5.74) is 6.14. The quantitative estimate of drug-likeness (QED) is 0.672. The highest BCUT2D eigenvalue weighted by molar-refractivity contribution is 7.17. The fourth-order valence-corrected chi connectivity index (χ4v) is 4.21. The molecule has 9 heteroatoms. The van der Waals surface area contributed by atoms with Gasteiger partial charge in [0.1, 0.15) is 5.00 Å². The van der Waals surface area contributed by atoms with Crippen LogP contribution in [0.4, 0.5) is 9.80 Å². The standard InChI is InChI=1S/C17H23N3O5S/c1-8(2)13(14(22)20-17(18)24)25-16(23)12-10-6-4-5-7-11(10)26-15(12)19-9(3)21/h8,13H,4-7H2,1-3H3,(H,19,21)(H3,18,20,22,24). The van der Waals surface area contributed by atoms with Crippen LogP contribution in [-0.2, 0) is 27.2 Å². The first-order valence-electron chi connectivity index (χ1n) is 8.44. The summed E-state index contributed by atoms with van der Waals surface area (Å²) >= 11 is 1.37. The predicted molar refractivity (Wildman–Crippen MR) is 97.0 cm³/mol. The van der Waals surface area contributed by atoms with E-state index >= 15 is 0 Å². The van der Waals surface area contributed by atoms with E-state index in [1.165, 1.54) is 18.3 Å². The zero-order valence-electron chi connectivity index (χ0n) is 15.0. The van der Waals surface area contributed by atoms with Gasteiger partial charge in [0.05, 0.1) is 5.56 Å². The lowest BCUT2D eigenvalue weighted by molar-refractivity contribution is -0.130. The number of carbonyl (C=O) groups excluding carboxylic acids is 4. The molecular weight excluding hydrogens is 358 g/mol. The number of hydrogen-bond acceptors (Lipinski definition) is 6. The summed E-state index contributed by atoms with van der Waals surface area (Å²) in [5, 5.41) is 5.06. The number of imide groups is 1. The normalized spacial score (nSPS) is 14.3. The maximum Gasteiger partial charge on any atom is 0.342 e. The maximum atomic E-state index is 12.8. The fourth-order valence-electron chi connectivity index (χ4n) is 2.89. The van der Waals surface area contributed by atoms with Crippen molar-refractivity contribution in [1.29, 1.82) is 0 Å². The molecule has 0 spiro atoms. The fraction of sp³-hybridized carbons (Fsp3) is 0.529. The largest absolute Gasteiger partial charge is 0.448 e. The lowest BCUT2D eigenvalue weighted by Crippen LogP contribution is -2.45. The Morgan fingerprint density at radius 2 is 1.81 bits per heavy atom. The number of primary amides is 1. The van der Waals surface area contributed by atoms with Gasteiger partial charge in [-0.25, -0.2) is 9.59 Å². The van der Waals surface area contributed by atoms with Crippen molar-refractivity contribution in [2.24, 2.45) is 11.7 Å². The van der Waals surface area contributed by atoms with Crippen molar-refractivity contribution >= 4 is 40.2 Å². The number of ether oxygens (including phenoxy) is 1. The highest BCUT2D eigenvalue weighted by Crippen LogP contribution is 2.38. The van der Waals surface area contributed by atoms with Crippen LogP contribution in [0.15, 0.2) is 0 Å². The van der Waals surface area contributed by atoms with Crippen LogP contribution in [0.25, 0.3) is 0 Å². The van der Waals surface area contributed by atoms with Gasteiger partial charge in [0, 0.05) is 11.8 Å². The van der Waals surface area contributed by atoms with Crippen LogP contribution in [0.3, 0.4) is 0 Å². The van der Waals surface area contributed by atoms with Crippen LogP contribution < -0.4 is 16.4 Å². The number of fused-ring (bicyclic) bond motifs is 1. The molecule has 1 aromatic heterocycles. The Kier molecular flexibility index (Phi) is 6.36. The van der Waals surface area contributed by atoms with Crippen LogP contribution in [-0.4, -0.2) is 29.9 Å². The molecule has 0 saturated heterocycles. The molecule has 4 amide bonds. The second-order valence-corrected chi connectivity index (χ2v) is 7.62. The number of hydrogen-bond donors (Lipinski definition) is 3. The highest BCUT2D eigenvalue weighted by atomic mass is 32.1. The van der Waals surface area contributed by atoms with E-state index in [0.29, 0.717) is 10.6 Å². The molecule has 0 radical (unpaired) electrons. The topological polar surface area (TPSA) is 128 Å². The van der Waals surface area contributed by atoms with Crippen LogP contribution in [0.5, 0.6) is 0 Å². The van der Waals surface area contributed by atoms with Crippen LogP contribution >= 0.6 is 11.3 Å². The number of aryl methyl sites for hydroxylation is 1. The van der Waals surface area contributed by atoms with Crippen molar-refractivity contribution in [3.05, 3.63) is 16.0 Å². The lowest BCUT2D eigenvalue weighted by Gasteiger charge is -2.21. The molecule has 0 aromatic carbocycles. The molecular formula is C17H23N3O5S. The number of carbonyl (C=O) groups is 4. The van der Waals surface area contributed by atoms with E-state index in [4.69, 9.17) is 10.5 Å². The number of anilines is 1. The monoisotopic (exact) mass is 381 g/mol. The Morgan fingerprint density at radius 1 is 1.15 bits per heavy atom. The SMILES string of the molecule is CC(=O)Nc1sc2c(c1C(=O)OC(C(=O)NC(N)=O)C(C)C)CCCC2. The first-order chi connectivity index (χ1) is 12.2. The number of rotatable bonds is 5. The molecule has 0 aliphatic heterocycles. The van der Waals surface area contributed by atoms with E-state index < -0.39 is 24.0 Å². The number of nitrogens with one attached hydrogen (secondary N) is 2. The molecule has 0 saturated carbocycles. The first-order valence-corrected chi connectivity index (χ1v) is 9.25. The van der Waals surface area contributed by atoms with Crippen LogP contribution in [0.1, 0.15) is 54.4 Å². The molecule has 142 valence electrons. The van der Waals surface area contributed by atoms with Crippen molar-refractivity contribution in [3.8, 4) is 0 Å². The third kappa shape index (κ3) is 4.60. The molecule has 1 aliphatic carbocycles. The van der Waals surface area contributed by atoms with Gasteiger partial charge in [-0.1, -0.05) is 13.8 Å². The summed E-state index contributed by atoms with van der Waals surface area (Å²) in [5.74, 6) is -2.11. The second kappa shape index (κ2) is 8.31. The van der Waals surface area contributed by atoms with Crippen molar-refractivity contribution < 1.29 is 23.9 Å². The van der Waals surface area contributed by atoms with Crippen LogP contribution in [0.2, 0.25) is 0 Å². The van der Waals surface area contributed by atoms with Crippen molar-refractivity contribution in [1.82, 2.24) is 5.32 Å². The average molecular weight is 381 g/mol. The van der Waals surface area contributed by atoms with Gasteiger partial charge in [0.15, 0.2) is 6.10 Å². The zero-order valence-corrected chi connectivity index (χ0v) is 15.8. The lowest BCUT2D eigenvalue weighted by atomic mass is 9.95. The molecule has 0 fully saturated rings. The summed E-state index contributed by atoms with van der Waals surface area (Å²) in [7, 11) is 0. The van der Waals surface area contributed by atoms with Gasteiger partial charge < -0.3 is 15.8 Å². The Labute approximate surface area is 155 Å². The van der Waals surface area contributed by atoms with E-state index in [2.05, 4.69) is 5.32 Å². The third-order valence-corrected chi connectivity index (χ3v) is 5.22. The number of amides is 4. The van der Waals surface area contributed by atoms with E-state index in [0.717, 1.165) is 36.1 Å². The van der Waals surface area contributed by atoms with E-state index in [9.17, 15) is 19.2 Å². The Balaban J connectivity index is 2.32. The number of esters is 1. The maximum absolute atomic E-state index is 12.8. The van der Waals surface area contributed by atoms with E-state index in [1.807, 2.05) is 5.32 Å². The van der Waals surface area contributed by atoms with Crippen molar-refractivity contribution in [2.45, 2.75) is 52.6 Å². The molecule has 1 unspecified atom stereocenters. The molecule has 1 aromatic rings. The van der Waals surface area contributed by atoms with Crippen LogP contribution in [0, 0.1) is 5.92 Å². The minimum atomic E-state index is -1.17. The second-order valence-electron chi connectivity index (χ2n) is 6.52. The van der Waals surface area contributed by atoms with Gasteiger partial charge in [-0.3, -0.25) is 14.9 Å². The molecule has 4 N–H and O–H groups in total. The summed E-state index contributed by atoms with van der Waals surface area (Å²) in [4.78, 5) is 48.4. The average Bonchev–Trinajstić information content (AvgIpc) is 2.88. The van der Waals surface area contributed by atoms with Gasteiger partial charge in [0.2, 0.25) is 5.91 Å². The zero-order chi connectivity index (χ0) is 19.4. The number of thiophene rings is 1. The highest BCUT2D eigenvalue weighted by Gasteiger charge is 2.32. The summed E-state index contributed by atoms with van der Waals surface area (Å²) < 4.78 is 5.40. The number of urea groups is 1. The van der Waals surface area contributed by atoms with Gasteiger partial charge >= 0.3 is 12.0 Å². The molecule has 1 aliphatic rings. The summed E-state index contributed by atoms with van der Waals surface area (Å²) in [6.07, 6.45) is 2.36. The van der Waals surface area contributed by atoms with Gasteiger partial charge in [0.25, 0.3) is 5.91 Å². The number of nitrogens with two attached hydrogens (primary N) is 1. The molecule has 1 atom stereocenters. The molecule has 2 rings (SSSR count). The predicted octanol–water partition coefficient (Wildman–Crippen LogP) is 1.96. The minimum Gasteiger partial charge on any atom is -0.448 e. The Morgan fingerprint density at radius 3 is 2.38 bits per heavy atom. The summed E-state index contributed by atoms with van der Waals surface area (Å²) in [6, 6.07) is -1.01. The Hall–Kier alpha value is -2.42. The van der Waals surface area contributed by atoms with E-state index in [-0.39, 0.29) is 11.8 Å².